The first kappa shape index (κ1) is 20.5. The summed E-state index contributed by atoms with van der Waals surface area (Å²) >= 11 is 0. The molecule has 0 spiro atoms. The first-order valence-electron chi connectivity index (χ1n) is 11.1. The van der Waals surface area contributed by atoms with E-state index >= 15 is 0 Å². The van der Waals surface area contributed by atoms with Crippen molar-refractivity contribution in [2.45, 2.75) is 26.4 Å². The van der Waals surface area contributed by atoms with Crippen LogP contribution in [-0.2, 0) is 17.9 Å². The van der Waals surface area contributed by atoms with Crippen LogP contribution in [0.2, 0.25) is 0 Å². The molecule has 0 radical (unpaired) electrons. The van der Waals surface area contributed by atoms with Gasteiger partial charge in [0.1, 0.15) is 11.0 Å². The Labute approximate surface area is 186 Å². The van der Waals surface area contributed by atoms with E-state index in [0.29, 0.717) is 24.0 Å². The number of carbonyl (C=O) groups excluding carboxylic acids is 1. The molecule has 7 nitrogen and oxygen atoms in total. The Balaban J connectivity index is 1.21. The highest BCUT2D eigenvalue weighted by Gasteiger charge is 2.21. The molecule has 0 unspecified atom stereocenters. The molecule has 4 aromatic rings. The summed E-state index contributed by atoms with van der Waals surface area (Å²) in [4.78, 5) is 37.7. The van der Waals surface area contributed by atoms with Gasteiger partial charge >= 0.3 is 0 Å². The fourth-order valence-corrected chi connectivity index (χ4v) is 4.43. The molecule has 164 valence electrons. The number of aromatic amines is 1. The molecule has 0 bridgehead atoms. The third-order valence-electron chi connectivity index (χ3n) is 6.27. The normalized spacial score (nSPS) is 15.0. The number of benzene rings is 2. The van der Waals surface area contributed by atoms with Gasteiger partial charge in [0.05, 0.1) is 6.33 Å². The molecule has 2 aromatic heterocycles. The van der Waals surface area contributed by atoms with Crippen LogP contribution in [0.4, 0.5) is 0 Å². The molecule has 1 aliphatic heterocycles. The predicted molar refractivity (Wildman–Crippen MR) is 126 cm³/mol. The lowest BCUT2D eigenvalue weighted by Gasteiger charge is -2.34. The van der Waals surface area contributed by atoms with Gasteiger partial charge in [-0.1, -0.05) is 42.0 Å². The molecule has 0 atom stereocenters. The summed E-state index contributed by atoms with van der Waals surface area (Å²) in [5.74, 6) is 0.0867. The zero-order valence-corrected chi connectivity index (χ0v) is 18.3. The van der Waals surface area contributed by atoms with Crippen LogP contribution in [0.3, 0.4) is 0 Å². The molecule has 1 N–H and O–H groups in total. The largest absolute Gasteiger partial charge is 0.349 e. The Morgan fingerprint density at radius 3 is 2.62 bits per heavy atom. The number of amides is 1. The molecule has 3 heterocycles. The van der Waals surface area contributed by atoms with Crippen molar-refractivity contribution in [3.8, 4) is 0 Å². The summed E-state index contributed by atoms with van der Waals surface area (Å²) in [7, 11) is 0. The van der Waals surface area contributed by atoms with Gasteiger partial charge in [0, 0.05) is 56.6 Å². The molecule has 2 aromatic carbocycles. The van der Waals surface area contributed by atoms with Gasteiger partial charge in [-0.15, -0.1) is 0 Å². The molecular formula is C25H27N5O2. The SMILES string of the molecule is Cc1ccc2[nH]c3c(=O)n(CCC(=O)N4CCN(Cc5ccccc5)CC4)cnc3c2c1. The molecule has 32 heavy (non-hydrogen) atoms. The standard InChI is InChI=1S/C25H27N5O2/c1-18-7-8-21-20(15-18)23-24(27-21)25(32)30(17-26-23)10-9-22(31)29-13-11-28(12-14-29)16-19-5-3-2-4-6-19/h2-8,15,17,27H,9-14,16H2,1H3. The number of hydrogen-bond donors (Lipinski definition) is 1. The van der Waals surface area contributed by atoms with Crippen LogP contribution in [0, 0.1) is 6.92 Å². The van der Waals surface area contributed by atoms with E-state index in [1.165, 1.54) is 10.1 Å². The van der Waals surface area contributed by atoms with Gasteiger partial charge in [0.2, 0.25) is 5.91 Å². The lowest BCUT2D eigenvalue weighted by Crippen LogP contribution is -2.48. The second-order valence-electron chi connectivity index (χ2n) is 8.53. The second-order valence-corrected chi connectivity index (χ2v) is 8.53. The van der Waals surface area contributed by atoms with Crippen LogP contribution in [0.25, 0.3) is 21.9 Å². The van der Waals surface area contributed by atoms with Gasteiger partial charge in [-0.3, -0.25) is 19.1 Å². The Bertz CT molecular complexity index is 1320. The predicted octanol–water partition coefficient (Wildman–Crippen LogP) is 2.92. The van der Waals surface area contributed by atoms with Crippen molar-refractivity contribution in [1.82, 2.24) is 24.3 Å². The maximum atomic E-state index is 12.9. The van der Waals surface area contributed by atoms with E-state index in [2.05, 4.69) is 39.1 Å². The van der Waals surface area contributed by atoms with Crippen LogP contribution >= 0.6 is 0 Å². The van der Waals surface area contributed by atoms with Crippen molar-refractivity contribution < 1.29 is 4.79 Å². The number of hydrogen-bond acceptors (Lipinski definition) is 4. The zero-order chi connectivity index (χ0) is 22.1. The quantitative estimate of drug-likeness (QED) is 0.529. The van der Waals surface area contributed by atoms with E-state index in [-0.39, 0.29) is 11.5 Å². The smallest absolute Gasteiger partial charge is 0.277 e. The number of carbonyl (C=O) groups is 1. The third-order valence-corrected chi connectivity index (χ3v) is 6.27. The maximum absolute atomic E-state index is 12.9. The van der Waals surface area contributed by atoms with Crippen molar-refractivity contribution in [3.63, 3.8) is 0 Å². The van der Waals surface area contributed by atoms with Gasteiger partial charge in [0.25, 0.3) is 5.56 Å². The average molecular weight is 430 g/mol. The van der Waals surface area contributed by atoms with E-state index in [1.807, 2.05) is 36.1 Å². The Morgan fingerprint density at radius 2 is 1.84 bits per heavy atom. The molecule has 5 rings (SSSR count). The molecule has 0 aliphatic carbocycles. The molecule has 7 heteroatoms. The highest BCUT2D eigenvalue weighted by Crippen LogP contribution is 2.22. The number of nitrogens with one attached hydrogen (secondary N) is 1. The van der Waals surface area contributed by atoms with Crippen molar-refractivity contribution in [3.05, 3.63) is 76.3 Å². The van der Waals surface area contributed by atoms with Crippen LogP contribution in [0.15, 0.2) is 59.7 Å². The monoisotopic (exact) mass is 429 g/mol. The number of rotatable bonds is 5. The first-order valence-corrected chi connectivity index (χ1v) is 11.1. The minimum Gasteiger partial charge on any atom is -0.349 e. The van der Waals surface area contributed by atoms with Crippen LogP contribution < -0.4 is 5.56 Å². The van der Waals surface area contributed by atoms with Crippen molar-refractivity contribution in [1.29, 1.82) is 0 Å². The number of aryl methyl sites for hydroxylation is 2. The molecule has 1 fully saturated rings. The lowest BCUT2D eigenvalue weighted by molar-refractivity contribution is -0.133. The molecule has 1 saturated heterocycles. The summed E-state index contributed by atoms with van der Waals surface area (Å²) in [6.07, 6.45) is 1.86. The minimum absolute atomic E-state index is 0.0867. The summed E-state index contributed by atoms with van der Waals surface area (Å²) in [6, 6.07) is 16.4. The Hall–Kier alpha value is -3.45. The van der Waals surface area contributed by atoms with E-state index in [0.717, 1.165) is 49.2 Å². The highest BCUT2D eigenvalue weighted by molar-refractivity contribution is 6.04. The average Bonchev–Trinajstić information content (AvgIpc) is 3.18. The maximum Gasteiger partial charge on any atom is 0.277 e. The van der Waals surface area contributed by atoms with E-state index in [9.17, 15) is 9.59 Å². The molecular weight excluding hydrogens is 402 g/mol. The topological polar surface area (TPSA) is 74.2 Å². The zero-order valence-electron chi connectivity index (χ0n) is 18.3. The van der Waals surface area contributed by atoms with Crippen molar-refractivity contribution >= 4 is 27.8 Å². The highest BCUT2D eigenvalue weighted by atomic mass is 16.2. The molecule has 1 amide bonds. The fraction of sp³-hybridized carbons (Fsp3) is 0.320. The fourth-order valence-electron chi connectivity index (χ4n) is 4.43. The van der Waals surface area contributed by atoms with Crippen LogP contribution in [0.5, 0.6) is 0 Å². The van der Waals surface area contributed by atoms with Gasteiger partial charge in [0.15, 0.2) is 0 Å². The van der Waals surface area contributed by atoms with E-state index in [1.54, 1.807) is 6.33 Å². The van der Waals surface area contributed by atoms with E-state index in [4.69, 9.17) is 0 Å². The van der Waals surface area contributed by atoms with Gasteiger partial charge < -0.3 is 9.88 Å². The first-order chi connectivity index (χ1) is 15.6. The second kappa shape index (κ2) is 8.59. The summed E-state index contributed by atoms with van der Waals surface area (Å²) < 4.78 is 1.54. The summed E-state index contributed by atoms with van der Waals surface area (Å²) in [5, 5.41) is 0.953. The molecule has 0 saturated carbocycles. The summed E-state index contributed by atoms with van der Waals surface area (Å²) in [5.41, 5.74) is 4.36. The number of H-pyrrole nitrogens is 1. The number of piperazine rings is 1. The van der Waals surface area contributed by atoms with Gasteiger partial charge in [-0.2, -0.15) is 0 Å². The number of fused-ring (bicyclic) bond motifs is 3. The van der Waals surface area contributed by atoms with Crippen molar-refractivity contribution in [2.75, 3.05) is 26.2 Å². The summed E-state index contributed by atoms with van der Waals surface area (Å²) in [6.45, 7) is 6.43. The van der Waals surface area contributed by atoms with Crippen molar-refractivity contribution in [2.24, 2.45) is 0 Å². The number of aromatic nitrogens is 3. The van der Waals surface area contributed by atoms with Gasteiger partial charge in [-0.25, -0.2) is 4.98 Å². The van der Waals surface area contributed by atoms with Gasteiger partial charge in [-0.05, 0) is 24.6 Å². The Morgan fingerprint density at radius 1 is 1.06 bits per heavy atom. The lowest BCUT2D eigenvalue weighted by atomic mass is 10.2. The van der Waals surface area contributed by atoms with E-state index < -0.39 is 0 Å². The van der Waals surface area contributed by atoms with Crippen LogP contribution in [-0.4, -0.2) is 56.4 Å². The minimum atomic E-state index is -0.135. The van der Waals surface area contributed by atoms with Crippen LogP contribution in [0.1, 0.15) is 17.5 Å². The Kier molecular flexibility index (Phi) is 5.49. The molecule has 1 aliphatic rings. The third kappa shape index (κ3) is 4.03. The number of nitrogens with zero attached hydrogens (tertiary/aromatic N) is 4.